The Labute approximate surface area is 116 Å². The van der Waals surface area contributed by atoms with Gasteiger partial charge in [-0.2, -0.15) is 12.6 Å². The number of thiol groups is 1. The summed E-state index contributed by atoms with van der Waals surface area (Å²) in [5.74, 6) is -0.663. The van der Waals surface area contributed by atoms with Gasteiger partial charge in [0, 0.05) is 6.07 Å². The predicted octanol–water partition coefficient (Wildman–Crippen LogP) is 3.32. The first-order valence-corrected chi connectivity index (χ1v) is 6.37. The van der Waals surface area contributed by atoms with Gasteiger partial charge in [-0.25, -0.2) is 4.79 Å². The van der Waals surface area contributed by atoms with E-state index in [9.17, 15) is 4.79 Å². The Morgan fingerprint density at radius 3 is 2.32 bits per heavy atom. The maximum Gasteiger partial charge on any atom is 0.358 e. The van der Waals surface area contributed by atoms with Gasteiger partial charge in [0.2, 0.25) is 0 Å². The van der Waals surface area contributed by atoms with E-state index in [1.807, 2.05) is 20.8 Å². The Morgan fingerprint density at radius 1 is 1.26 bits per heavy atom. The highest BCUT2D eigenvalue weighted by Crippen LogP contribution is 2.33. The molecule has 4 nitrogen and oxygen atoms in total. The van der Waals surface area contributed by atoms with Gasteiger partial charge in [-0.3, -0.25) is 0 Å². The molecular weight excluding hydrogens is 262 g/mol. The van der Waals surface area contributed by atoms with Gasteiger partial charge >= 0.3 is 5.97 Å². The monoisotopic (exact) mass is 277 g/mol. The summed E-state index contributed by atoms with van der Waals surface area (Å²) in [7, 11) is 0. The summed E-state index contributed by atoms with van der Waals surface area (Å²) in [4.78, 5) is 10.8. The summed E-state index contributed by atoms with van der Waals surface area (Å²) in [6.45, 7) is 6.05. The number of aromatic carboxylic acids is 1. The third kappa shape index (κ3) is 2.66. The third-order valence-corrected chi connectivity index (χ3v) is 3.54. The van der Waals surface area contributed by atoms with E-state index in [4.69, 9.17) is 9.63 Å². The van der Waals surface area contributed by atoms with Gasteiger partial charge in [0.15, 0.2) is 11.5 Å². The van der Waals surface area contributed by atoms with Crippen molar-refractivity contribution in [3.8, 4) is 0 Å². The van der Waals surface area contributed by atoms with Crippen molar-refractivity contribution in [3.63, 3.8) is 0 Å². The van der Waals surface area contributed by atoms with Crippen molar-refractivity contribution < 1.29 is 14.4 Å². The molecule has 0 saturated heterocycles. The fourth-order valence-electron chi connectivity index (χ4n) is 2.28. The van der Waals surface area contributed by atoms with E-state index >= 15 is 0 Å². The first-order chi connectivity index (χ1) is 8.90. The number of rotatable bonds is 3. The van der Waals surface area contributed by atoms with Crippen LogP contribution in [-0.2, 0) is 0 Å². The number of carboxylic acid groups (broad SMARTS) is 1. The lowest BCUT2D eigenvalue weighted by Crippen LogP contribution is -2.00. The highest BCUT2D eigenvalue weighted by Gasteiger charge is 2.21. The maximum atomic E-state index is 10.8. The van der Waals surface area contributed by atoms with Gasteiger partial charge in [-0.05, 0) is 37.5 Å². The molecule has 0 spiro atoms. The van der Waals surface area contributed by atoms with E-state index in [1.54, 1.807) is 0 Å². The highest BCUT2D eigenvalue weighted by molar-refractivity contribution is 7.80. The summed E-state index contributed by atoms with van der Waals surface area (Å²) in [6, 6.07) is 5.55. The van der Waals surface area contributed by atoms with Crippen LogP contribution in [0, 0.1) is 20.8 Å². The van der Waals surface area contributed by atoms with Crippen molar-refractivity contribution in [2.75, 3.05) is 0 Å². The zero-order chi connectivity index (χ0) is 14.2. The summed E-state index contributed by atoms with van der Waals surface area (Å²) >= 11 is 4.54. The van der Waals surface area contributed by atoms with Gasteiger partial charge in [-0.15, -0.1) is 0 Å². The molecule has 0 aliphatic heterocycles. The number of nitrogens with zero attached hydrogens (tertiary/aromatic N) is 1. The van der Waals surface area contributed by atoms with Crippen LogP contribution in [0.2, 0.25) is 0 Å². The first-order valence-electron chi connectivity index (χ1n) is 5.86. The average molecular weight is 277 g/mol. The number of aromatic nitrogens is 1. The summed E-state index contributed by atoms with van der Waals surface area (Å²) in [6.07, 6.45) is 0. The number of aryl methyl sites for hydroxylation is 3. The number of carboxylic acids is 1. The molecule has 0 fully saturated rings. The number of hydrogen-bond acceptors (Lipinski definition) is 4. The zero-order valence-electron chi connectivity index (χ0n) is 11.0. The Morgan fingerprint density at radius 2 is 1.84 bits per heavy atom. The molecule has 1 N–H and O–H groups in total. The number of carbonyl (C=O) groups is 1. The molecule has 1 heterocycles. The van der Waals surface area contributed by atoms with Crippen LogP contribution in [-0.4, -0.2) is 16.2 Å². The SMILES string of the molecule is Cc1cc(C)c(C(S)c2cc(C(=O)O)no2)c(C)c1. The lowest BCUT2D eigenvalue weighted by molar-refractivity contribution is 0.0685. The van der Waals surface area contributed by atoms with Crippen molar-refractivity contribution in [2.45, 2.75) is 26.0 Å². The molecule has 0 aliphatic rings. The van der Waals surface area contributed by atoms with Crippen LogP contribution in [0.5, 0.6) is 0 Å². The fourth-order valence-corrected chi connectivity index (χ4v) is 2.81. The minimum absolute atomic E-state index is 0.100. The van der Waals surface area contributed by atoms with Crippen LogP contribution >= 0.6 is 12.6 Å². The molecule has 100 valence electrons. The zero-order valence-corrected chi connectivity index (χ0v) is 11.9. The van der Waals surface area contributed by atoms with E-state index in [0.29, 0.717) is 5.76 Å². The summed E-state index contributed by atoms with van der Waals surface area (Å²) in [5, 5.41) is 12.0. The second-order valence-electron chi connectivity index (χ2n) is 4.63. The van der Waals surface area contributed by atoms with Crippen LogP contribution in [0.25, 0.3) is 0 Å². The van der Waals surface area contributed by atoms with E-state index < -0.39 is 5.97 Å². The molecule has 0 amide bonds. The Kier molecular flexibility index (Phi) is 3.66. The van der Waals surface area contributed by atoms with E-state index in [0.717, 1.165) is 16.7 Å². The van der Waals surface area contributed by atoms with E-state index in [-0.39, 0.29) is 10.9 Å². The van der Waals surface area contributed by atoms with Crippen molar-refractivity contribution in [1.29, 1.82) is 0 Å². The van der Waals surface area contributed by atoms with Crippen molar-refractivity contribution in [1.82, 2.24) is 5.16 Å². The molecule has 1 aromatic heterocycles. The van der Waals surface area contributed by atoms with Gasteiger partial charge in [0.05, 0.1) is 5.25 Å². The molecule has 0 saturated carbocycles. The van der Waals surface area contributed by atoms with Crippen LogP contribution in [0.1, 0.15) is 43.8 Å². The summed E-state index contributed by atoms with van der Waals surface area (Å²) in [5.41, 5.74) is 4.32. The molecule has 0 radical (unpaired) electrons. The second-order valence-corrected chi connectivity index (χ2v) is 5.15. The van der Waals surface area contributed by atoms with Crippen molar-refractivity contribution >= 4 is 18.6 Å². The van der Waals surface area contributed by atoms with Crippen LogP contribution in [0.4, 0.5) is 0 Å². The Bertz CT molecular complexity index is 610. The molecule has 5 heteroatoms. The predicted molar refractivity (Wildman–Crippen MR) is 74.9 cm³/mol. The minimum atomic E-state index is -1.10. The lowest BCUT2D eigenvalue weighted by Gasteiger charge is -2.15. The van der Waals surface area contributed by atoms with Crippen molar-refractivity contribution in [2.24, 2.45) is 0 Å². The fraction of sp³-hybridized carbons (Fsp3) is 0.286. The topological polar surface area (TPSA) is 63.3 Å². The lowest BCUT2D eigenvalue weighted by atomic mass is 9.96. The van der Waals surface area contributed by atoms with Gasteiger partial charge in [0.25, 0.3) is 0 Å². The van der Waals surface area contributed by atoms with Gasteiger partial charge < -0.3 is 9.63 Å². The molecule has 1 unspecified atom stereocenters. The van der Waals surface area contributed by atoms with Crippen molar-refractivity contribution in [3.05, 3.63) is 51.9 Å². The van der Waals surface area contributed by atoms with Gasteiger partial charge in [0.1, 0.15) is 0 Å². The number of hydrogen-bond donors (Lipinski definition) is 2. The quantitative estimate of drug-likeness (QED) is 0.845. The van der Waals surface area contributed by atoms with Gasteiger partial charge in [-0.1, -0.05) is 22.9 Å². The van der Waals surface area contributed by atoms with Crippen LogP contribution in [0.15, 0.2) is 22.7 Å². The molecule has 2 aromatic rings. The molecule has 0 aliphatic carbocycles. The molecule has 1 atom stereocenters. The second kappa shape index (κ2) is 5.09. The molecule has 0 bridgehead atoms. The van der Waals surface area contributed by atoms with E-state index in [1.165, 1.54) is 11.6 Å². The smallest absolute Gasteiger partial charge is 0.358 e. The molecular formula is C14H15NO3S. The number of benzene rings is 1. The Hall–Kier alpha value is -1.75. The standard InChI is InChI=1S/C14H15NO3S/c1-7-4-8(2)12(9(3)5-7)13(19)11-6-10(14(16)17)15-18-11/h4-6,13,19H,1-3H3,(H,16,17). The largest absolute Gasteiger partial charge is 0.476 e. The first kappa shape index (κ1) is 13.7. The minimum Gasteiger partial charge on any atom is -0.476 e. The molecule has 2 rings (SSSR count). The molecule has 1 aromatic carbocycles. The molecule has 19 heavy (non-hydrogen) atoms. The Balaban J connectivity index is 2.43. The highest BCUT2D eigenvalue weighted by atomic mass is 32.1. The third-order valence-electron chi connectivity index (χ3n) is 3.03. The van der Waals surface area contributed by atoms with Crippen LogP contribution in [0.3, 0.4) is 0 Å². The average Bonchev–Trinajstić information content (AvgIpc) is 2.76. The maximum absolute atomic E-state index is 10.8. The normalized spacial score (nSPS) is 12.4. The van der Waals surface area contributed by atoms with E-state index in [2.05, 4.69) is 29.9 Å². The summed E-state index contributed by atoms with van der Waals surface area (Å²) < 4.78 is 5.08. The van der Waals surface area contributed by atoms with Crippen LogP contribution < -0.4 is 0 Å².